The normalized spacial score (nSPS) is 10.8. The van der Waals surface area contributed by atoms with Crippen molar-refractivity contribution in [3.63, 3.8) is 0 Å². The third-order valence-electron chi connectivity index (χ3n) is 4.88. The Morgan fingerprint density at radius 3 is 2.25 bits per heavy atom. The minimum Gasteiger partial charge on any atom is -0.333 e. The third-order valence-corrected chi connectivity index (χ3v) is 4.88. The predicted molar refractivity (Wildman–Crippen MR) is 114 cm³/mol. The van der Waals surface area contributed by atoms with E-state index >= 15 is 0 Å². The molecule has 28 heavy (non-hydrogen) atoms. The van der Waals surface area contributed by atoms with E-state index < -0.39 is 0 Å². The molecule has 2 amide bonds. The van der Waals surface area contributed by atoms with Crippen molar-refractivity contribution in [1.29, 1.82) is 0 Å². The molecule has 2 aromatic rings. The van der Waals surface area contributed by atoms with Crippen molar-refractivity contribution in [1.82, 2.24) is 9.80 Å². The number of hydrogen-bond donors (Lipinski definition) is 1. The number of anilines is 1. The van der Waals surface area contributed by atoms with E-state index in [-0.39, 0.29) is 11.8 Å². The quantitative estimate of drug-likeness (QED) is 0.716. The highest BCUT2D eigenvalue weighted by atomic mass is 16.2. The molecule has 2 aromatic carbocycles. The highest BCUT2D eigenvalue weighted by molar-refractivity contribution is 5.97. The van der Waals surface area contributed by atoms with Gasteiger partial charge in [0.25, 0.3) is 5.91 Å². The first kappa shape index (κ1) is 21.6. The van der Waals surface area contributed by atoms with Crippen LogP contribution in [0, 0.1) is 6.92 Å². The van der Waals surface area contributed by atoms with Gasteiger partial charge in [0.05, 0.1) is 0 Å². The fourth-order valence-electron chi connectivity index (χ4n) is 3.12. The zero-order valence-electron chi connectivity index (χ0n) is 17.4. The first-order valence-electron chi connectivity index (χ1n) is 9.88. The summed E-state index contributed by atoms with van der Waals surface area (Å²) in [7, 11) is 0. The second-order valence-corrected chi connectivity index (χ2v) is 6.95. The molecule has 5 nitrogen and oxygen atoms in total. The maximum Gasteiger partial charge on any atom is 0.254 e. The van der Waals surface area contributed by atoms with Gasteiger partial charge in [-0.25, -0.2) is 0 Å². The molecule has 0 aromatic heterocycles. The second kappa shape index (κ2) is 10.6. The standard InChI is InChI=1S/C23H31N3O2/c1-5-25(6-2)14-15-26(17-20-10-8-7-9-11-20)23(28)21-13-12-18(3)22(16-21)24-19(4)27/h7-13,16H,5-6,14-15,17H2,1-4H3,(H,24,27). The monoisotopic (exact) mass is 381 g/mol. The summed E-state index contributed by atoms with van der Waals surface area (Å²) >= 11 is 0. The lowest BCUT2D eigenvalue weighted by atomic mass is 10.1. The minimum atomic E-state index is -0.143. The number of aryl methyl sites for hydroxylation is 1. The van der Waals surface area contributed by atoms with Crippen molar-refractivity contribution in [3.8, 4) is 0 Å². The number of rotatable bonds is 9. The molecular weight excluding hydrogens is 350 g/mol. The van der Waals surface area contributed by atoms with Crippen LogP contribution in [0.1, 0.15) is 42.3 Å². The molecule has 1 N–H and O–H groups in total. The van der Waals surface area contributed by atoms with E-state index in [1.54, 1.807) is 6.07 Å². The smallest absolute Gasteiger partial charge is 0.254 e. The van der Waals surface area contributed by atoms with E-state index in [0.29, 0.717) is 24.3 Å². The summed E-state index contributed by atoms with van der Waals surface area (Å²) in [6, 6.07) is 15.5. The van der Waals surface area contributed by atoms with Gasteiger partial charge in [-0.2, -0.15) is 0 Å². The van der Waals surface area contributed by atoms with Crippen LogP contribution in [-0.2, 0) is 11.3 Å². The molecule has 0 bridgehead atoms. The predicted octanol–water partition coefficient (Wildman–Crippen LogP) is 3.94. The van der Waals surface area contributed by atoms with Crippen LogP contribution < -0.4 is 5.32 Å². The van der Waals surface area contributed by atoms with Gasteiger partial charge < -0.3 is 15.1 Å². The van der Waals surface area contributed by atoms with Crippen LogP contribution in [-0.4, -0.2) is 47.8 Å². The van der Waals surface area contributed by atoms with E-state index in [4.69, 9.17) is 0 Å². The number of hydrogen-bond acceptors (Lipinski definition) is 3. The number of nitrogens with zero attached hydrogens (tertiary/aromatic N) is 2. The van der Waals surface area contributed by atoms with Crippen molar-refractivity contribution in [3.05, 3.63) is 65.2 Å². The number of carbonyl (C=O) groups is 2. The first-order chi connectivity index (χ1) is 13.4. The van der Waals surface area contributed by atoms with Crippen LogP contribution >= 0.6 is 0 Å². The van der Waals surface area contributed by atoms with Crippen molar-refractivity contribution in [2.75, 3.05) is 31.5 Å². The molecular formula is C23H31N3O2. The Morgan fingerprint density at radius 1 is 0.964 bits per heavy atom. The van der Waals surface area contributed by atoms with Gasteiger partial charge in [-0.05, 0) is 43.3 Å². The fraction of sp³-hybridized carbons (Fsp3) is 0.391. The lowest BCUT2D eigenvalue weighted by Gasteiger charge is -2.27. The fourth-order valence-corrected chi connectivity index (χ4v) is 3.12. The van der Waals surface area contributed by atoms with Gasteiger partial charge in [0.2, 0.25) is 5.91 Å². The first-order valence-corrected chi connectivity index (χ1v) is 9.88. The summed E-state index contributed by atoms with van der Waals surface area (Å²) in [6.07, 6.45) is 0. The van der Waals surface area contributed by atoms with E-state index in [1.807, 2.05) is 54.3 Å². The molecule has 0 saturated heterocycles. The molecule has 0 radical (unpaired) electrons. The molecule has 0 aliphatic heterocycles. The molecule has 0 aliphatic carbocycles. The molecule has 0 fully saturated rings. The lowest BCUT2D eigenvalue weighted by Crippen LogP contribution is -2.38. The summed E-state index contributed by atoms with van der Waals surface area (Å²) in [5.74, 6) is -0.169. The van der Waals surface area contributed by atoms with Crippen molar-refractivity contribution < 1.29 is 9.59 Å². The van der Waals surface area contributed by atoms with Gasteiger partial charge in [-0.3, -0.25) is 9.59 Å². The van der Waals surface area contributed by atoms with E-state index in [0.717, 1.165) is 30.8 Å². The molecule has 2 rings (SSSR count). The molecule has 0 aliphatic rings. The Labute approximate surface area is 168 Å². The molecule has 150 valence electrons. The lowest BCUT2D eigenvalue weighted by molar-refractivity contribution is -0.114. The molecule has 0 spiro atoms. The van der Waals surface area contributed by atoms with Crippen LogP contribution in [0.25, 0.3) is 0 Å². The van der Waals surface area contributed by atoms with Crippen LogP contribution in [0.2, 0.25) is 0 Å². The molecule has 0 atom stereocenters. The Hall–Kier alpha value is -2.66. The summed E-state index contributed by atoms with van der Waals surface area (Å²) < 4.78 is 0. The summed E-state index contributed by atoms with van der Waals surface area (Å²) in [5.41, 5.74) is 3.31. The number of amides is 2. The van der Waals surface area contributed by atoms with Gasteiger partial charge in [0, 0.05) is 37.8 Å². The van der Waals surface area contributed by atoms with Crippen LogP contribution in [0.15, 0.2) is 48.5 Å². The van der Waals surface area contributed by atoms with E-state index in [2.05, 4.69) is 24.1 Å². The SMILES string of the molecule is CCN(CC)CCN(Cc1ccccc1)C(=O)c1ccc(C)c(NC(C)=O)c1. The third kappa shape index (κ3) is 6.20. The Morgan fingerprint density at radius 2 is 1.64 bits per heavy atom. The van der Waals surface area contributed by atoms with Crippen molar-refractivity contribution >= 4 is 17.5 Å². The van der Waals surface area contributed by atoms with Gasteiger partial charge in [-0.15, -0.1) is 0 Å². The van der Waals surface area contributed by atoms with Crippen molar-refractivity contribution in [2.24, 2.45) is 0 Å². The van der Waals surface area contributed by atoms with E-state index in [9.17, 15) is 9.59 Å². The number of benzene rings is 2. The van der Waals surface area contributed by atoms with Gasteiger partial charge in [0.1, 0.15) is 0 Å². The second-order valence-electron chi connectivity index (χ2n) is 6.95. The summed E-state index contributed by atoms with van der Waals surface area (Å²) in [5, 5.41) is 2.81. The highest BCUT2D eigenvalue weighted by Crippen LogP contribution is 2.19. The summed E-state index contributed by atoms with van der Waals surface area (Å²) in [6.45, 7) is 11.6. The average molecular weight is 382 g/mol. The average Bonchev–Trinajstić information content (AvgIpc) is 2.69. The highest BCUT2D eigenvalue weighted by Gasteiger charge is 2.18. The topological polar surface area (TPSA) is 52.6 Å². The largest absolute Gasteiger partial charge is 0.333 e. The molecule has 0 unspecified atom stereocenters. The Bertz CT molecular complexity index is 786. The number of likely N-dealkylation sites (N-methyl/N-ethyl adjacent to an activating group) is 1. The zero-order chi connectivity index (χ0) is 20.5. The maximum atomic E-state index is 13.3. The van der Waals surface area contributed by atoms with Crippen molar-refractivity contribution in [2.45, 2.75) is 34.2 Å². The van der Waals surface area contributed by atoms with Gasteiger partial charge in [-0.1, -0.05) is 50.2 Å². The zero-order valence-corrected chi connectivity index (χ0v) is 17.4. The van der Waals surface area contributed by atoms with Crippen LogP contribution in [0.5, 0.6) is 0 Å². The van der Waals surface area contributed by atoms with Crippen LogP contribution in [0.4, 0.5) is 5.69 Å². The molecule has 0 heterocycles. The number of nitrogens with one attached hydrogen (secondary N) is 1. The molecule has 5 heteroatoms. The Kier molecular flexibility index (Phi) is 8.20. The van der Waals surface area contributed by atoms with Crippen LogP contribution in [0.3, 0.4) is 0 Å². The number of carbonyl (C=O) groups excluding carboxylic acids is 2. The minimum absolute atomic E-state index is 0.0254. The molecule has 0 saturated carbocycles. The van der Waals surface area contributed by atoms with E-state index in [1.165, 1.54) is 6.92 Å². The van der Waals surface area contributed by atoms with Gasteiger partial charge >= 0.3 is 0 Å². The van der Waals surface area contributed by atoms with Gasteiger partial charge in [0.15, 0.2) is 0 Å². The Balaban J connectivity index is 2.25. The summed E-state index contributed by atoms with van der Waals surface area (Å²) in [4.78, 5) is 28.9. The maximum absolute atomic E-state index is 13.3.